The summed E-state index contributed by atoms with van der Waals surface area (Å²) < 4.78 is 17.3. The topological polar surface area (TPSA) is 127 Å². The van der Waals surface area contributed by atoms with E-state index >= 15 is 0 Å². The second-order valence-corrected chi connectivity index (χ2v) is 9.77. The molecule has 10 heteroatoms. The zero-order valence-electron chi connectivity index (χ0n) is 21.5. The Hall–Kier alpha value is -5.22. The minimum absolute atomic E-state index is 0.154. The summed E-state index contributed by atoms with van der Waals surface area (Å²) in [6.07, 6.45) is 0. The van der Waals surface area contributed by atoms with Crippen LogP contribution in [0.4, 0.5) is 5.69 Å². The summed E-state index contributed by atoms with van der Waals surface area (Å²) in [5, 5.41) is 17.1. The van der Waals surface area contributed by atoms with Crippen LogP contribution < -0.4 is 25.0 Å². The summed E-state index contributed by atoms with van der Waals surface area (Å²) in [5.74, 6) is -0.419. The zero-order chi connectivity index (χ0) is 27.8. The smallest absolute Gasteiger partial charge is 0.312 e. The van der Waals surface area contributed by atoms with Crippen molar-refractivity contribution in [3.63, 3.8) is 0 Å². The lowest BCUT2D eigenvalue weighted by atomic mass is 9.98. The molecule has 0 saturated carbocycles. The van der Waals surface area contributed by atoms with Gasteiger partial charge in [0.25, 0.3) is 5.78 Å². The highest BCUT2D eigenvalue weighted by Crippen LogP contribution is 2.46. The Balaban J connectivity index is 1.61. The minimum Gasteiger partial charge on any atom is -0.539 e. The molecule has 2 N–H and O–H groups in total. The summed E-state index contributed by atoms with van der Waals surface area (Å²) in [6, 6.07) is 25.9. The molecule has 40 heavy (non-hydrogen) atoms. The lowest BCUT2D eigenvalue weighted by Crippen LogP contribution is -2.39. The molecule has 198 valence electrons. The fraction of sp³-hybridized carbons (Fsp3) is 0.0667. The molecule has 0 aliphatic carbocycles. The highest BCUT2D eigenvalue weighted by Gasteiger charge is 2.33. The Morgan fingerprint density at radius 3 is 2.38 bits per heavy atom. The molecule has 0 aliphatic heterocycles. The Bertz CT molecular complexity index is 1870. The average Bonchev–Trinajstić information content (AvgIpc) is 3.56. The molecule has 3 aromatic carbocycles. The van der Waals surface area contributed by atoms with Crippen LogP contribution in [0, 0.1) is 0 Å². The second-order valence-electron chi connectivity index (χ2n) is 8.77. The van der Waals surface area contributed by atoms with Gasteiger partial charge in [0.2, 0.25) is 5.69 Å². The van der Waals surface area contributed by atoms with Gasteiger partial charge < -0.3 is 24.8 Å². The van der Waals surface area contributed by atoms with Crippen LogP contribution in [0.2, 0.25) is 0 Å². The first-order chi connectivity index (χ1) is 19.5. The van der Waals surface area contributed by atoms with Gasteiger partial charge in [-0.3, -0.25) is 4.79 Å². The first-order valence-corrected chi connectivity index (χ1v) is 13.0. The molecule has 9 nitrogen and oxygen atoms in total. The van der Waals surface area contributed by atoms with Gasteiger partial charge >= 0.3 is 5.69 Å². The first kappa shape index (κ1) is 25.1. The van der Waals surface area contributed by atoms with Gasteiger partial charge in [0, 0.05) is 34.2 Å². The van der Waals surface area contributed by atoms with Gasteiger partial charge in [-0.1, -0.05) is 60.7 Å². The number of methoxy groups -OCH3 is 2. The number of hydrogen-bond acceptors (Lipinski definition) is 9. The van der Waals surface area contributed by atoms with Gasteiger partial charge in [-0.2, -0.15) is 0 Å². The molecule has 0 atom stereocenters. The van der Waals surface area contributed by atoms with Crippen LogP contribution >= 0.6 is 11.3 Å². The van der Waals surface area contributed by atoms with Crippen molar-refractivity contribution in [2.75, 3.05) is 20.0 Å². The molecule has 0 unspecified atom stereocenters. The van der Waals surface area contributed by atoms with Gasteiger partial charge in [0.15, 0.2) is 17.4 Å². The first-order valence-electron chi connectivity index (χ1n) is 12.2. The molecule has 0 aliphatic rings. The van der Waals surface area contributed by atoms with Gasteiger partial charge in [0.1, 0.15) is 9.71 Å². The number of nitrogen functional groups attached to an aromatic ring is 1. The number of ketones is 1. The van der Waals surface area contributed by atoms with E-state index in [-0.39, 0.29) is 16.3 Å². The Labute approximate surface area is 232 Å². The molecule has 3 heterocycles. The maximum absolute atomic E-state index is 13.9. The Morgan fingerprint density at radius 1 is 0.950 bits per heavy atom. The highest BCUT2D eigenvalue weighted by molar-refractivity contribution is 7.21. The summed E-state index contributed by atoms with van der Waals surface area (Å²) in [6.45, 7) is 0. The number of para-hydroxylation sites is 2. The third-order valence-corrected chi connectivity index (χ3v) is 7.59. The molecular weight excluding hydrogens is 528 g/mol. The van der Waals surface area contributed by atoms with E-state index in [1.165, 1.54) is 4.68 Å². The maximum atomic E-state index is 13.9. The molecule has 6 aromatic rings. The molecule has 0 saturated heterocycles. The van der Waals surface area contributed by atoms with E-state index in [0.29, 0.717) is 44.2 Å². The molecule has 6 rings (SSSR count). The van der Waals surface area contributed by atoms with Crippen LogP contribution in [0.3, 0.4) is 0 Å². The van der Waals surface area contributed by atoms with Crippen LogP contribution in [-0.2, 0) is 0 Å². The molecule has 3 aromatic heterocycles. The third kappa shape index (κ3) is 4.11. The monoisotopic (exact) mass is 550 g/mol. The average molecular weight is 551 g/mol. The van der Waals surface area contributed by atoms with Crippen molar-refractivity contribution in [2.45, 2.75) is 0 Å². The van der Waals surface area contributed by atoms with Gasteiger partial charge in [0.05, 0.1) is 30.9 Å². The molecule has 0 radical (unpaired) electrons. The van der Waals surface area contributed by atoms with Crippen molar-refractivity contribution in [2.24, 2.45) is 0 Å². The number of carbonyl (C=O) groups is 1. The fourth-order valence-electron chi connectivity index (χ4n) is 4.65. The third-order valence-electron chi connectivity index (χ3n) is 6.49. The van der Waals surface area contributed by atoms with Gasteiger partial charge in [-0.05, 0) is 16.8 Å². The van der Waals surface area contributed by atoms with E-state index in [4.69, 9.17) is 24.7 Å². The van der Waals surface area contributed by atoms with Crippen molar-refractivity contribution in [3.8, 4) is 45.5 Å². The van der Waals surface area contributed by atoms with E-state index in [1.807, 2.05) is 54.6 Å². The number of rotatable bonds is 7. The van der Waals surface area contributed by atoms with Crippen molar-refractivity contribution < 1.29 is 28.6 Å². The van der Waals surface area contributed by atoms with Crippen molar-refractivity contribution in [1.29, 1.82) is 0 Å². The van der Waals surface area contributed by atoms with Crippen LogP contribution in [0.5, 0.6) is 17.4 Å². The Kier molecular flexibility index (Phi) is 6.37. The quantitative estimate of drug-likeness (QED) is 0.222. The number of hydrogen-bond donors (Lipinski definition) is 1. The number of nitrogens with two attached hydrogens (primary N) is 1. The van der Waals surface area contributed by atoms with Crippen LogP contribution in [0.1, 0.15) is 15.4 Å². The van der Waals surface area contributed by atoms with Crippen molar-refractivity contribution in [3.05, 3.63) is 95.5 Å². The Morgan fingerprint density at radius 2 is 1.68 bits per heavy atom. The van der Waals surface area contributed by atoms with E-state index in [0.717, 1.165) is 16.9 Å². The predicted molar refractivity (Wildman–Crippen MR) is 149 cm³/mol. The SMILES string of the molecule is COc1cccc(-c2cc(-c3ccccc3)nc3sc(C(=O)c4c([O-])on[n+]4-c4ccccc4)c(N)c23)c1OC. The molecule has 0 amide bonds. The van der Waals surface area contributed by atoms with E-state index in [2.05, 4.69) is 5.27 Å². The highest BCUT2D eigenvalue weighted by atomic mass is 32.1. The van der Waals surface area contributed by atoms with Crippen LogP contribution in [0.15, 0.2) is 89.5 Å². The summed E-state index contributed by atoms with van der Waals surface area (Å²) in [5.41, 5.74) is 10.1. The molecule has 0 spiro atoms. The lowest BCUT2D eigenvalue weighted by molar-refractivity contribution is -0.672. The second kappa shape index (κ2) is 10.2. The number of nitrogens with zero attached hydrogens (tertiary/aromatic N) is 3. The largest absolute Gasteiger partial charge is 0.539 e. The number of ether oxygens (including phenoxy) is 2. The van der Waals surface area contributed by atoms with Gasteiger partial charge in [-0.15, -0.1) is 11.3 Å². The van der Waals surface area contributed by atoms with Crippen molar-refractivity contribution in [1.82, 2.24) is 10.3 Å². The number of carbonyl (C=O) groups excluding carboxylic acids is 1. The number of anilines is 1. The standard InChI is InChI=1S/C30H22N4O5S/c1-37-22-15-9-14-19(27(22)38-2)20-16-21(17-10-5-3-6-11-17)32-29-23(20)24(31)28(40-29)26(35)25-30(36)39-33-34(25)18-12-7-4-8-13-18/h3-16H,1-2H3,(H2-,31,33,35,36). The molecule has 0 fully saturated rings. The number of aromatic nitrogens is 3. The van der Waals surface area contributed by atoms with E-state index in [1.54, 1.807) is 44.6 Å². The zero-order valence-corrected chi connectivity index (χ0v) is 22.3. The summed E-state index contributed by atoms with van der Waals surface area (Å²) in [7, 11) is 3.13. The number of fused-ring (bicyclic) bond motifs is 1. The summed E-state index contributed by atoms with van der Waals surface area (Å²) in [4.78, 5) is 19.4. The fourth-order valence-corrected chi connectivity index (χ4v) is 5.71. The molecule has 0 bridgehead atoms. The normalized spacial score (nSPS) is 11.1. The van der Waals surface area contributed by atoms with E-state index in [9.17, 15) is 9.90 Å². The summed E-state index contributed by atoms with van der Waals surface area (Å²) >= 11 is 1.10. The molecular formula is C30H22N4O5S. The van der Waals surface area contributed by atoms with Crippen LogP contribution in [0.25, 0.3) is 38.3 Å². The predicted octanol–water partition coefficient (Wildman–Crippen LogP) is 4.80. The van der Waals surface area contributed by atoms with Crippen LogP contribution in [-0.4, -0.2) is 30.3 Å². The number of thiophene rings is 1. The number of pyridine rings is 1. The number of benzene rings is 3. The van der Waals surface area contributed by atoms with Crippen molar-refractivity contribution >= 4 is 33.0 Å². The lowest BCUT2D eigenvalue weighted by Gasteiger charge is -2.15. The van der Waals surface area contributed by atoms with E-state index < -0.39 is 11.7 Å². The van der Waals surface area contributed by atoms with Gasteiger partial charge in [-0.25, -0.2) is 4.98 Å². The minimum atomic E-state index is -0.863. The maximum Gasteiger partial charge on any atom is 0.312 e.